The van der Waals surface area contributed by atoms with Gasteiger partial charge in [-0.15, -0.1) is 9.98 Å². The number of nitrogens with zero attached hydrogens (tertiary/aromatic N) is 5. The molecule has 3 heterocycles. The molecule has 0 amide bonds. The van der Waals surface area contributed by atoms with Crippen molar-refractivity contribution < 1.29 is 4.57 Å². The first-order valence-electron chi connectivity index (χ1n) is 9.01. The lowest BCUT2D eigenvalue weighted by molar-refractivity contribution is -0.658. The number of thioether (sulfide) groups is 1. The van der Waals surface area contributed by atoms with Crippen molar-refractivity contribution in [1.29, 1.82) is 0 Å². The van der Waals surface area contributed by atoms with E-state index in [1.807, 2.05) is 61.1 Å². The van der Waals surface area contributed by atoms with E-state index in [2.05, 4.69) is 16.0 Å². The fourth-order valence-electron chi connectivity index (χ4n) is 3.88. The summed E-state index contributed by atoms with van der Waals surface area (Å²) in [4.78, 5) is 27.4. The van der Waals surface area contributed by atoms with Crippen LogP contribution in [-0.2, 0) is 0 Å². The predicted molar refractivity (Wildman–Crippen MR) is 111 cm³/mol. The molecule has 7 heteroatoms. The number of fused-ring (bicyclic) bond motifs is 5. The highest BCUT2D eigenvalue weighted by atomic mass is 32.2. The van der Waals surface area contributed by atoms with Gasteiger partial charge in [-0.3, -0.25) is 4.79 Å². The number of aromatic nitrogens is 4. The van der Waals surface area contributed by atoms with Gasteiger partial charge in [-0.1, -0.05) is 42.1 Å². The molecule has 2 aromatic heterocycles. The smallest absolute Gasteiger partial charge is 0.254 e. The average molecular weight is 388 g/mol. The highest BCUT2D eigenvalue weighted by Crippen LogP contribution is 2.29. The molecule has 0 bridgehead atoms. The molecule has 1 atom stereocenters. The van der Waals surface area contributed by atoms with Crippen LogP contribution >= 0.6 is 11.8 Å². The minimum Gasteiger partial charge on any atom is -0.254 e. The Morgan fingerprint density at radius 2 is 1.96 bits per heavy atom. The Labute approximate surface area is 166 Å². The lowest BCUT2D eigenvalue weighted by Crippen LogP contribution is -2.45. The Balaban J connectivity index is 1.97. The quantitative estimate of drug-likeness (QED) is 0.384. The second-order valence-corrected chi connectivity index (χ2v) is 7.64. The molecule has 1 unspecified atom stereocenters. The van der Waals surface area contributed by atoms with E-state index in [0.29, 0.717) is 22.1 Å². The summed E-state index contributed by atoms with van der Waals surface area (Å²) in [5, 5.41) is 1.12. The minimum absolute atomic E-state index is 0.0803. The largest absolute Gasteiger partial charge is 0.363 e. The molecule has 0 spiro atoms. The van der Waals surface area contributed by atoms with Crippen molar-refractivity contribution >= 4 is 34.5 Å². The molecule has 3 aromatic rings. The van der Waals surface area contributed by atoms with Gasteiger partial charge in [-0.2, -0.15) is 4.57 Å². The zero-order valence-electron chi connectivity index (χ0n) is 15.7. The lowest BCUT2D eigenvalue weighted by atomic mass is 10.1. The number of allylic oxidation sites excluding steroid dienone is 4. The third-order valence-electron chi connectivity index (χ3n) is 5.15. The maximum atomic E-state index is 13.6. The first kappa shape index (κ1) is 17.1. The Morgan fingerprint density at radius 3 is 2.71 bits per heavy atom. The molecule has 1 aliphatic heterocycles. The third kappa shape index (κ3) is 2.32. The Hall–Kier alpha value is -3.06. The molecular weight excluding hydrogens is 370 g/mol. The summed E-state index contributed by atoms with van der Waals surface area (Å²) in [5.74, 6) is 0.594. The van der Waals surface area contributed by atoms with E-state index >= 15 is 0 Å². The molecule has 6 nitrogen and oxygen atoms in total. The average Bonchev–Trinajstić information content (AvgIpc) is 3.09. The van der Waals surface area contributed by atoms with Crippen LogP contribution in [0.5, 0.6) is 0 Å². The van der Waals surface area contributed by atoms with Crippen LogP contribution < -0.4 is 10.1 Å². The molecule has 0 N–H and O–H groups in total. The standard InChI is InChI=1S/C21H18N5OS/c1-12-7-6-8-13(2)17(12)26-19(27)14-11-22-20(28-3)24-18(14)25-16-10-5-4-9-15(16)23-21(25)26/h4-11,16H,1-3H3/q+1. The molecule has 0 saturated carbocycles. The zero-order chi connectivity index (χ0) is 19.4. The summed E-state index contributed by atoms with van der Waals surface area (Å²) >= 11 is 1.46. The summed E-state index contributed by atoms with van der Waals surface area (Å²) < 4.78 is 3.75. The fraction of sp³-hybridized carbons (Fsp3) is 0.190. The number of rotatable bonds is 2. The summed E-state index contributed by atoms with van der Waals surface area (Å²) in [6, 6.07) is 5.94. The van der Waals surface area contributed by atoms with Crippen molar-refractivity contribution in [1.82, 2.24) is 14.5 Å². The second-order valence-electron chi connectivity index (χ2n) is 6.87. The minimum atomic E-state index is -0.151. The van der Waals surface area contributed by atoms with Crippen molar-refractivity contribution in [3.63, 3.8) is 0 Å². The van der Waals surface area contributed by atoms with E-state index in [1.54, 1.807) is 10.8 Å². The van der Waals surface area contributed by atoms with E-state index in [9.17, 15) is 4.79 Å². The molecule has 1 aromatic carbocycles. The van der Waals surface area contributed by atoms with Gasteiger partial charge >= 0.3 is 11.5 Å². The van der Waals surface area contributed by atoms with Crippen LogP contribution in [0, 0.1) is 13.8 Å². The van der Waals surface area contributed by atoms with Crippen LogP contribution in [0.25, 0.3) is 16.7 Å². The van der Waals surface area contributed by atoms with E-state index in [-0.39, 0.29) is 11.6 Å². The Bertz CT molecular complexity index is 1280. The van der Waals surface area contributed by atoms with Gasteiger partial charge in [0.1, 0.15) is 22.8 Å². The topological polar surface area (TPSA) is 64.0 Å². The molecule has 0 saturated heterocycles. The van der Waals surface area contributed by atoms with Crippen molar-refractivity contribution in [2.24, 2.45) is 4.99 Å². The SMILES string of the molecule is CSc1ncc2c(=O)n(-c3c(C)cccc3C)c3[n+](c2n1)C1C=CC=CC1=N3. The summed E-state index contributed by atoms with van der Waals surface area (Å²) in [6.45, 7) is 4.02. The number of hydrogen-bond donors (Lipinski definition) is 0. The summed E-state index contributed by atoms with van der Waals surface area (Å²) in [7, 11) is 0. The monoisotopic (exact) mass is 388 g/mol. The molecule has 138 valence electrons. The predicted octanol–water partition coefficient (Wildman–Crippen LogP) is 3.16. The third-order valence-corrected chi connectivity index (χ3v) is 5.71. The van der Waals surface area contributed by atoms with Crippen molar-refractivity contribution in [3.05, 3.63) is 70.2 Å². The molecule has 28 heavy (non-hydrogen) atoms. The molecule has 5 rings (SSSR count). The number of aliphatic imine (C=N–C) groups is 1. The van der Waals surface area contributed by atoms with Crippen molar-refractivity contribution in [3.8, 4) is 5.69 Å². The number of para-hydroxylation sites is 1. The van der Waals surface area contributed by atoms with Crippen molar-refractivity contribution in [2.45, 2.75) is 25.0 Å². The Morgan fingerprint density at radius 1 is 1.18 bits per heavy atom. The normalized spacial score (nSPS) is 17.0. The number of benzene rings is 1. The van der Waals surface area contributed by atoms with E-state index < -0.39 is 0 Å². The maximum absolute atomic E-state index is 13.6. The van der Waals surface area contributed by atoms with E-state index in [0.717, 1.165) is 22.5 Å². The first-order valence-corrected chi connectivity index (χ1v) is 10.2. The van der Waals surface area contributed by atoms with Gasteiger partial charge < -0.3 is 0 Å². The Kier molecular flexibility index (Phi) is 3.80. The van der Waals surface area contributed by atoms with Gasteiger partial charge in [-0.05, 0) is 43.4 Å². The van der Waals surface area contributed by atoms with Crippen LogP contribution in [0.1, 0.15) is 17.2 Å². The molecule has 0 fully saturated rings. The van der Waals surface area contributed by atoms with Crippen LogP contribution in [0.15, 0.2) is 63.6 Å². The van der Waals surface area contributed by atoms with Gasteiger partial charge in [0.25, 0.3) is 5.65 Å². The van der Waals surface area contributed by atoms with Gasteiger partial charge in [0, 0.05) is 0 Å². The highest BCUT2D eigenvalue weighted by molar-refractivity contribution is 7.98. The summed E-state index contributed by atoms with van der Waals surface area (Å²) in [5.41, 5.74) is 4.27. The molecule has 2 aliphatic rings. The summed E-state index contributed by atoms with van der Waals surface area (Å²) in [6.07, 6.45) is 11.6. The molecule has 1 aliphatic carbocycles. The highest BCUT2D eigenvalue weighted by Gasteiger charge is 2.38. The maximum Gasteiger partial charge on any atom is 0.363 e. The van der Waals surface area contributed by atoms with Crippen LogP contribution in [0.2, 0.25) is 0 Å². The first-order chi connectivity index (χ1) is 13.6. The van der Waals surface area contributed by atoms with Gasteiger partial charge in [0.2, 0.25) is 5.16 Å². The number of hydrogen-bond acceptors (Lipinski definition) is 5. The fourth-order valence-corrected chi connectivity index (χ4v) is 4.22. The van der Waals surface area contributed by atoms with Gasteiger partial charge in [0.05, 0.1) is 6.20 Å². The lowest BCUT2D eigenvalue weighted by Gasteiger charge is -2.15. The van der Waals surface area contributed by atoms with Crippen LogP contribution in [-0.4, -0.2) is 26.5 Å². The van der Waals surface area contributed by atoms with E-state index in [4.69, 9.17) is 4.99 Å². The van der Waals surface area contributed by atoms with Gasteiger partial charge in [0.15, 0.2) is 0 Å². The zero-order valence-corrected chi connectivity index (χ0v) is 16.6. The second kappa shape index (κ2) is 6.24. The van der Waals surface area contributed by atoms with E-state index in [1.165, 1.54) is 11.8 Å². The van der Waals surface area contributed by atoms with Crippen LogP contribution in [0.4, 0.5) is 5.95 Å². The number of aryl methyl sites for hydroxylation is 2. The van der Waals surface area contributed by atoms with Crippen LogP contribution in [0.3, 0.4) is 0 Å². The molecule has 0 radical (unpaired) electrons. The molecular formula is C21H18N5OS+. The van der Waals surface area contributed by atoms with Gasteiger partial charge in [-0.25, -0.2) is 9.55 Å². The van der Waals surface area contributed by atoms with Crippen molar-refractivity contribution in [2.75, 3.05) is 6.26 Å².